The maximum absolute atomic E-state index is 12.6. The SMILES string of the molecule is Cc1nnc(SCC(=O)N2CCCC(C(=O)N3CCOCC3)C2)s1. The van der Waals surface area contributed by atoms with Crippen LogP contribution in [0.25, 0.3) is 0 Å². The molecule has 1 aromatic rings. The second kappa shape index (κ2) is 8.26. The zero-order valence-electron chi connectivity index (χ0n) is 13.8. The van der Waals surface area contributed by atoms with Crippen LogP contribution in [0.3, 0.4) is 0 Å². The van der Waals surface area contributed by atoms with Crippen LogP contribution in [0.1, 0.15) is 17.8 Å². The number of piperidine rings is 1. The molecule has 2 aliphatic heterocycles. The molecule has 0 N–H and O–H groups in total. The van der Waals surface area contributed by atoms with Crippen LogP contribution < -0.4 is 0 Å². The zero-order valence-corrected chi connectivity index (χ0v) is 15.4. The lowest BCUT2D eigenvalue weighted by Gasteiger charge is -2.36. The Morgan fingerprint density at radius 1 is 1.25 bits per heavy atom. The summed E-state index contributed by atoms with van der Waals surface area (Å²) in [5, 5.41) is 8.88. The normalized spacial score (nSPS) is 21.8. The second-order valence-electron chi connectivity index (χ2n) is 5.99. The number of hydrogen-bond donors (Lipinski definition) is 0. The molecule has 0 radical (unpaired) electrons. The summed E-state index contributed by atoms with van der Waals surface area (Å²) in [6, 6.07) is 0. The van der Waals surface area contributed by atoms with Gasteiger partial charge in [-0.1, -0.05) is 23.1 Å². The molecule has 1 atom stereocenters. The summed E-state index contributed by atoms with van der Waals surface area (Å²) < 4.78 is 6.12. The highest BCUT2D eigenvalue weighted by Crippen LogP contribution is 2.24. The van der Waals surface area contributed by atoms with E-state index in [0.717, 1.165) is 28.7 Å². The summed E-state index contributed by atoms with van der Waals surface area (Å²) in [6.07, 6.45) is 1.75. The largest absolute Gasteiger partial charge is 0.378 e. The smallest absolute Gasteiger partial charge is 0.233 e. The van der Waals surface area contributed by atoms with Crippen molar-refractivity contribution >= 4 is 34.9 Å². The van der Waals surface area contributed by atoms with Gasteiger partial charge in [0.1, 0.15) is 5.01 Å². The van der Waals surface area contributed by atoms with Gasteiger partial charge < -0.3 is 14.5 Å². The number of morpholine rings is 1. The van der Waals surface area contributed by atoms with Crippen molar-refractivity contribution in [2.45, 2.75) is 24.1 Å². The van der Waals surface area contributed by atoms with E-state index in [2.05, 4.69) is 10.2 Å². The van der Waals surface area contributed by atoms with E-state index in [1.54, 1.807) is 0 Å². The van der Waals surface area contributed by atoms with Crippen molar-refractivity contribution in [2.24, 2.45) is 5.92 Å². The molecule has 2 aliphatic rings. The van der Waals surface area contributed by atoms with Gasteiger partial charge in [0.2, 0.25) is 11.8 Å². The molecule has 0 aliphatic carbocycles. The van der Waals surface area contributed by atoms with E-state index in [-0.39, 0.29) is 17.7 Å². The predicted octanol–water partition coefficient (Wildman–Crippen LogP) is 1.04. The van der Waals surface area contributed by atoms with E-state index in [0.29, 0.717) is 38.6 Å². The number of aryl methyl sites for hydroxylation is 1. The van der Waals surface area contributed by atoms with Crippen LogP contribution in [0.5, 0.6) is 0 Å². The maximum Gasteiger partial charge on any atom is 0.233 e. The number of likely N-dealkylation sites (tertiary alicyclic amines) is 1. The van der Waals surface area contributed by atoms with Gasteiger partial charge in [0, 0.05) is 26.2 Å². The fourth-order valence-electron chi connectivity index (χ4n) is 3.00. The molecule has 3 rings (SSSR count). The van der Waals surface area contributed by atoms with E-state index in [1.165, 1.54) is 23.1 Å². The minimum absolute atomic E-state index is 0.0745. The van der Waals surface area contributed by atoms with Gasteiger partial charge in [0.25, 0.3) is 0 Å². The fourth-order valence-corrected chi connectivity index (χ4v) is 4.72. The summed E-state index contributed by atoms with van der Waals surface area (Å²) >= 11 is 2.92. The van der Waals surface area contributed by atoms with Gasteiger partial charge in [-0.25, -0.2) is 0 Å². The third-order valence-corrected chi connectivity index (χ3v) is 6.23. The Labute approximate surface area is 149 Å². The van der Waals surface area contributed by atoms with Crippen LogP contribution in [0.4, 0.5) is 0 Å². The number of nitrogens with zero attached hydrogens (tertiary/aromatic N) is 4. The molecular formula is C15H22N4O3S2. The molecule has 132 valence electrons. The molecule has 3 heterocycles. The molecule has 2 fully saturated rings. The van der Waals surface area contributed by atoms with Crippen LogP contribution in [-0.4, -0.2) is 77.0 Å². The number of amides is 2. The first-order chi connectivity index (χ1) is 11.6. The van der Waals surface area contributed by atoms with Crippen molar-refractivity contribution in [1.82, 2.24) is 20.0 Å². The molecular weight excluding hydrogens is 348 g/mol. The van der Waals surface area contributed by atoms with Crippen molar-refractivity contribution in [2.75, 3.05) is 45.1 Å². The van der Waals surface area contributed by atoms with Gasteiger partial charge in [-0.05, 0) is 19.8 Å². The monoisotopic (exact) mass is 370 g/mol. The molecule has 0 aromatic carbocycles. The Hall–Kier alpha value is -1.19. The van der Waals surface area contributed by atoms with Crippen LogP contribution in [0.15, 0.2) is 4.34 Å². The van der Waals surface area contributed by atoms with Crippen LogP contribution >= 0.6 is 23.1 Å². The summed E-state index contributed by atoms with van der Waals surface area (Å²) in [5.74, 6) is 0.526. The highest BCUT2D eigenvalue weighted by atomic mass is 32.2. The van der Waals surface area contributed by atoms with E-state index >= 15 is 0 Å². The van der Waals surface area contributed by atoms with Crippen molar-refractivity contribution in [3.05, 3.63) is 5.01 Å². The van der Waals surface area contributed by atoms with Gasteiger partial charge in [0.15, 0.2) is 4.34 Å². The molecule has 0 saturated carbocycles. The standard InChI is InChI=1S/C15H22N4O3S2/c1-11-16-17-15(24-11)23-10-13(20)19-4-2-3-12(9-19)14(21)18-5-7-22-8-6-18/h12H,2-10H2,1H3. The average Bonchev–Trinajstić information content (AvgIpc) is 3.05. The quantitative estimate of drug-likeness (QED) is 0.737. The third kappa shape index (κ3) is 4.46. The van der Waals surface area contributed by atoms with Crippen molar-refractivity contribution in [3.8, 4) is 0 Å². The van der Waals surface area contributed by atoms with Gasteiger partial charge >= 0.3 is 0 Å². The molecule has 24 heavy (non-hydrogen) atoms. The number of rotatable bonds is 4. The Bertz CT molecular complexity index is 589. The summed E-state index contributed by atoms with van der Waals surface area (Å²) in [4.78, 5) is 28.8. The lowest BCUT2D eigenvalue weighted by Crippen LogP contribution is -2.49. The Balaban J connectivity index is 1.50. The summed E-state index contributed by atoms with van der Waals surface area (Å²) in [6.45, 7) is 5.71. The van der Waals surface area contributed by atoms with Gasteiger partial charge in [-0.15, -0.1) is 10.2 Å². The second-order valence-corrected chi connectivity index (χ2v) is 8.40. The Kier molecular flexibility index (Phi) is 6.07. The maximum atomic E-state index is 12.6. The minimum atomic E-state index is -0.0745. The summed E-state index contributed by atoms with van der Waals surface area (Å²) in [5.41, 5.74) is 0. The highest BCUT2D eigenvalue weighted by Gasteiger charge is 2.31. The summed E-state index contributed by atoms with van der Waals surface area (Å²) in [7, 11) is 0. The highest BCUT2D eigenvalue weighted by molar-refractivity contribution is 8.01. The van der Waals surface area contributed by atoms with E-state index in [4.69, 9.17) is 4.74 Å². The molecule has 0 spiro atoms. The number of carbonyl (C=O) groups excluding carboxylic acids is 2. The van der Waals surface area contributed by atoms with E-state index in [1.807, 2.05) is 16.7 Å². The molecule has 9 heteroatoms. The third-order valence-electron chi connectivity index (χ3n) is 4.27. The topological polar surface area (TPSA) is 75.6 Å². The lowest BCUT2D eigenvalue weighted by atomic mass is 9.96. The zero-order chi connectivity index (χ0) is 16.9. The van der Waals surface area contributed by atoms with Crippen LogP contribution in [0.2, 0.25) is 0 Å². The number of thioether (sulfide) groups is 1. The van der Waals surface area contributed by atoms with Crippen LogP contribution in [-0.2, 0) is 14.3 Å². The molecule has 1 aromatic heterocycles. The first kappa shape index (κ1) is 17.6. The number of aromatic nitrogens is 2. The molecule has 0 bridgehead atoms. The minimum Gasteiger partial charge on any atom is -0.378 e. The van der Waals surface area contributed by atoms with Crippen LogP contribution in [0, 0.1) is 12.8 Å². The van der Waals surface area contributed by atoms with Gasteiger partial charge in [0.05, 0.1) is 24.9 Å². The average molecular weight is 371 g/mol. The predicted molar refractivity (Wildman–Crippen MR) is 92.1 cm³/mol. The first-order valence-electron chi connectivity index (χ1n) is 8.20. The number of hydrogen-bond acceptors (Lipinski definition) is 7. The Morgan fingerprint density at radius 3 is 2.75 bits per heavy atom. The first-order valence-corrected chi connectivity index (χ1v) is 10.0. The Morgan fingerprint density at radius 2 is 2.04 bits per heavy atom. The molecule has 7 nitrogen and oxygen atoms in total. The van der Waals surface area contributed by atoms with Gasteiger partial charge in [-0.3, -0.25) is 9.59 Å². The van der Waals surface area contributed by atoms with Crippen molar-refractivity contribution in [3.63, 3.8) is 0 Å². The lowest BCUT2D eigenvalue weighted by molar-refractivity contribution is -0.143. The molecule has 1 unspecified atom stereocenters. The number of carbonyl (C=O) groups is 2. The van der Waals surface area contributed by atoms with E-state index in [9.17, 15) is 9.59 Å². The van der Waals surface area contributed by atoms with Gasteiger partial charge in [-0.2, -0.15) is 0 Å². The number of ether oxygens (including phenoxy) is 1. The molecule has 2 saturated heterocycles. The van der Waals surface area contributed by atoms with E-state index < -0.39 is 0 Å². The van der Waals surface area contributed by atoms with Crippen molar-refractivity contribution < 1.29 is 14.3 Å². The molecule has 2 amide bonds. The van der Waals surface area contributed by atoms with Crippen molar-refractivity contribution in [1.29, 1.82) is 0 Å². The fraction of sp³-hybridized carbons (Fsp3) is 0.733.